The van der Waals surface area contributed by atoms with Crippen LogP contribution in [0.1, 0.15) is 28.8 Å². The lowest BCUT2D eigenvalue weighted by Crippen LogP contribution is -2.21. The molecule has 1 saturated carbocycles. The van der Waals surface area contributed by atoms with Crippen molar-refractivity contribution in [3.05, 3.63) is 34.3 Å². The van der Waals surface area contributed by atoms with Gasteiger partial charge < -0.3 is 5.11 Å². The van der Waals surface area contributed by atoms with E-state index in [1.807, 2.05) is 0 Å². The molecule has 1 aromatic carbocycles. The van der Waals surface area contributed by atoms with Gasteiger partial charge in [0.15, 0.2) is 0 Å². The first-order valence-electron chi connectivity index (χ1n) is 4.79. The van der Waals surface area contributed by atoms with E-state index in [-0.39, 0.29) is 16.1 Å². The number of hydrogen-bond donors (Lipinski definition) is 1. The Kier molecular flexibility index (Phi) is 2.62. The zero-order valence-corrected chi connectivity index (χ0v) is 8.97. The van der Waals surface area contributed by atoms with Gasteiger partial charge in [0.05, 0.1) is 16.0 Å². The summed E-state index contributed by atoms with van der Waals surface area (Å²) in [7, 11) is 0. The third kappa shape index (κ3) is 1.57. The number of alkyl halides is 2. The Bertz CT molecular complexity index is 442. The molecule has 1 fully saturated rings. The lowest BCUT2D eigenvalue weighted by Gasteiger charge is -2.17. The summed E-state index contributed by atoms with van der Waals surface area (Å²) < 4.78 is 25.8. The van der Waals surface area contributed by atoms with E-state index in [1.165, 1.54) is 18.2 Å². The molecule has 0 atom stereocenters. The average molecular weight is 247 g/mol. The molecule has 0 saturated heterocycles. The minimum Gasteiger partial charge on any atom is -0.478 e. The van der Waals surface area contributed by atoms with Crippen molar-refractivity contribution >= 4 is 17.6 Å². The van der Waals surface area contributed by atoms with E-state index in [4.69, 9.17) is 16.7 Å². The first-order valence-corrected chi connectivity index (χ1v) is 5.17. The number of carbonyl (C=O) groups is 1. The second-order valence-corrected chi connectivity index (χ2v) is 4.33. The number of carboxylic acid groups (broad SMARTS) is 1. The maximum atomic E-state index is 12.9. The van der Waals surface area contributed by atoms with Gasteiger partial charge >= 0.3 is 5.97 Å². The van der Waals surface area contributed by atoms with Gasteiger partial charge in [-0.2, -0.15) is 0 Å². The summed E-state index contributed by atoms with van der Waals surface area (Å²) in [6.07, 6.45) is -1.93. The van der Waals surface area contributed by atoms with E-state index in [2.05, 4.69) is 0 Å². The van der Waals surface area contributed by atoms with Gasteiger partial charge in [-0.3, -0.25) is 0 Å². The van der Waals surface area contributed by atoms with Gasteiger partial charge in [0, 0.05) is 0 Å². The molecule has 1 aromatic rings. The third-order valence-corrected chi connectivity index (χ3v) is 3.29. The second-order valence-electron chi connectivity index (χ2n) is 3.92. The predicted molar refractivity (Wildman–Crippen MR) is 55.3 cm³/mol. The molecule has 0 aromatic heterocycles. The monoisotopic (exact) mass is 246 g/mol. The van der Waals surface area contributed by atoms with E-state index in [0.717, 1.165) is 0 Å². The molecule has 0 radical (unpaired) electrons. The Morgan fingerprint density at radius 2 is 2.06 bits per heavy atom. The molecular formula is C11H9ClF2O2. The summed E-state index contributed by atoms with van der Waals surface area (Å²) in [5, 5.41) is 9.00. The number of benzene rings is 1. The van der Waals surface area contributed by atoms with Crippen molar-refractivity contribution in [2.24, 2.45) is 0 Å². The van der Waals surface area contributed by atoms with Crippen LogP contribution in [0, 0.1) is 0 Å². The Morgan fingerprint density at radius 3 is 2.50 bits per heavy atom. The van der Waals surface area contributed by atoms with Gasteiger partial charge in [0.1, 0.15) is 0 Å². The van der Waals surface area contributed by atoms with Crippen LogP contribution in [-0.2, 0) is 5.41 Å². The lowest BCUT2D eigenvalue weighted by molar-refractivity contribution is 0.0687. The fraction of sp³-hybridized carbons (Fsp3) is 0.364. The Labute approximate surface area is 95.8 Å². The van der Waals surface area contributed by atoms with Crippen LogP contribution in [0.25, 0.3) is 0 Å². The van der Waals surface area contributed by atoms with E-state index < -0.39 is 17.8 Å². The van der Waals surface area contributed by atoms with Crippen LogP contribution in [0.3, 0.4) is 0 Å². The van der Waals surface area contributed by atoms with Crippen LogP contribution in [0.15, 0.2) is 18.2 Å². The summed E-state index contributed by atoms with van der Waals surface area (Å²) in [5.41, 5.74) is -1.33. The molecule has 0 aliphatic heterocycles. The fourth-order valence-corrected chi connectivity index (χ4v) is 2.15. The van der Waals surface area contributed by atoms with Gasteiger partial charge in [-0.15, -0.1) is 0 Å². The highest BCUT2D eigenvalue weighted by molar-refractivity contribution is 6.33. The van der Waals surface area contributed by atoms with Gasteiger partial charge in [0.2, 0.25) is 6.43 Å². The molecule has 16 heavy (non-hydrogen) atoms. The minimum atomic E-state index is -2.55. The molecular weight excluding hydrogens is 238 g/mol. The molecule has 5 heteroatoms. The third-order valence-electron chi connectivity index (χ3n) is 2.97. The summed E-state index contributed by atoms with van der Waals surface area (Å²) in [5.74, 6) is -1.26. The molecule has 0 unspecified atom stereocenters. The van der Waals surface area contributed by atoms with Gasteiger partial charge in [-0.05, 0) is 24.5 Å². The Hall–Kier alpha value is -1.16. The van der Waals surface area contributed by atoms with Crippen LogP contribution in [0.5, 0.6) is 0 Å². The summed E-state index contributed by atoms with van der Waals surface area (Å²) in [6, 6.07) is 4.33. The highest BCUT2D eigenvalue weighted by Gasteiger charge is 2.54. The van der Waals surface area contributed by atoms with Crippen molar-refractivity contribution in [2.45, 2.75) is 24.7 Å². The van der Waals surface area contributed by atoms with E-state index in [9.17, 15) is 13.6 Å². The van der Waals surface area contributed by atoms with Crippen molar-refractivity contribution in [2.75, 3.05) is 0 Å². The number of hydrogen-bond acceptors (Lipinski definition) is 1. The Balaban J connectivity index is 2.57. The van der Waals surface area contributed by atoms with Crippen molar-refractivity contribution in [1.82, 2.24) is 0 Å². The topological polar surface area (TPSA) is 37.3 Å². The largest absolute Gasteiger partial charge is 0.478 e. The SMILES string of the molecule is O=C(O)c1c(Cl)cccc1C1(C(F)F)CC1. The highest BCUT2D eigenvalue weighted by atomic mass is 35.5. The van der Waals surface area contributed by atoms with Crippen molar-refractivity contribution < 1.29 is 18.7 Å². The predicted octanol–water partition coefficient (Wildman–Crippen LogP) is 3.33. The van der Waals surface area contributed by atoms with Crippen molar-refractivity contribution in [3.63, 3.8) is 0 Å². The molecule has 2 rings (SSSR count). The summed E-state index contributed by atoms with van der Waals surface area (Å²) >= 11 is 5.74. The van der Waals surface area contributed by atoms with Crippen LogP contribution in [-0.4, -0.2) is 17.5 Å². The molecule has 86 valence electrons. The first-order chi connectivity index (χ1) is 7.49. The van der Waals surface area contributed by atoms with E-state index >= 15 is 0 Å². The smallest absolute Gasteiger partial charge is 0.337 e. The zero-order chi connectivity index (χ0) is 11.9. The zero-order valence-electron chi connectivity index (χ0n) is 8.21. The molecule has 1 N–H and O–H groups in total. The van der Waals surface area contributed by atoms with Crippen LogP contribution < -0.4 is 0 Å². The maximum absolute atomic E-state index is 12.9. The quantitative estimate of drug-likeness (QED) is 0.888. The molecule has 0 amide bonds. The maximum Gasteiger partial charge on any atom is 0.337 e. The number of halogens is 3. The highest BCUT2D eigenvalue weighted by Crippen LogP contribution is 2.54. The van der Waals surface area contributed by atoms with E-state index in [0.29, 0.717) is 12.8 Å². The molecule has 1 aliphatic carbocycles. The summed E-state index contributed by atoms with van der Waals surface area (Å²) in [4.78, 5) is 11.0. The van der Waals surface area contributed by atoms with Crippen LogP contribution in [0.2, 0.25) is 5.02 Å². The van der Waals surface area contributed by atoms with E-state index in [1.54, 1.807) is 0 Å². The average Bonchev–Trinajstić information content (AvgIpc) is 2.97. The standard InChI is InChI=1S/C11H9ClF2O2/c12-7-3-1-2-6(8(7)9(15)16)11(4-5-11)10(13)14/h1-3,10H,4-5H2,(H,15,16). The van der Waals surface area contributed by atoms with Gasteiger partial charge in [-0.1, -0.05) is 23.7 Å². The van der Waals surface area contributed by atoms with Gasteiger partial charge in [0.25, 0.3) is 0 Å². The molecule has 0 spiro atoms. The molecule has 0 heterocycles. The molecule has 1 aliphatic rings. The number of carboxylic acids is 1. The second kappa shape index (κ2) is 3.70. The molecule has 0 bridgehead atoms. The Morgan fingerprint density at radius 1 is 1.44 bits per heavy atom. The van der Waals surface area contributed by atoms with Crippen LogP contribution >= 0.6 is 11.6 Å². The normalized spacial score (nSPS) is 17.5. The lowest BCUT2D eigenvalue weighted by atomic mass is 9.91. The summed E-state index contributed by atoms with van der Waals surface area (Å²) in [6.45, 7) is 0. The van der Waals surface area contributed by atoms with Crippen molar-refractivity contribution in [1.29, 1.82) is 0 Å². The fourth-order valence-electron chi connectivity index (χ4n) is 1.90. The minimum absolute atomic E-state index is 0.0110. The van der Waals surface area contributed by atoms with Crippen molar-refractivity contribution in [3.8, 4) is 0 Å². The number of rotatable bonds is 3. The first kappa shape index (κ1) is 11.3. The molecule has 2 nitrogen and oxygen atoms in total. The van der Waals surface area contributed by atoms with Gasteiger partial charge in [-0.25, -0.2) is 13.6 Å². The number of aromatic carboxylic acids is 1. The van der Waals surface area contributed by atoms with Crippen LogP contribution in [0.4, 0.5) is 8.78 Å².